The Hall–Kier alpha value is -0.332. The third-order valence-electron chi connectivity index (χ3n) is 0.0632. The SMILES string of the molecule is [C-]#[N+][Pt][N+]#[C-]. The molecule has 0 radical (unpaired) electrons. The van der Waals surface area contributed by atoms with E-state index in [0.717, 1.165) is 0 Å². The summed E-state index contributed by atoms with van der Waals surface area (Å²) in [5.41, 5.74) is 0. The van der Waals surface area contributed by atoms with Gasteiger partial charge in [0.25, 0.3) is 0 Å². The number of nitrogens with zero attached hydrogens (tertiary/aromatic N) is 2. The van der Waals surface area contributed by atoms with Crippen LogP contribution in [0.3, 0.4) is 0 Å². The monoisotopic (exact) mass is 247 g/mol. The van der Waals surface area contributed by atoms with Gasteiger partial charge in [-0.1, -0.05) is 0 Å². The summed E-state index contributed by atoms with van der Waals surface area (Å²) in [4.78, 5) is 0. The molecule has 2 nitrogen and oxygen atoms in total. The predicted molar refractivity (Wildman–Crippen MR) is 13.2 cm³/mol. The molecule has 0 aromatic rings. The molecular formula is C2N2Pt. The van der Waals surface area contributed by atoms with E-state index in [4.69, 9.17) is 13.1 Å². The molecule has 0 aliphatic heterocycles. The first-order valence-corrected chi connectivity index (χ1v) is 2.76. The van der Waals surface area contributed by atoms with E-state index >= 15 is 0 Å². The van der Waals surface area contributed by atoms with Crippen LogP contribution in [-0.4, -0.2) is 0 Å². The zero-order valence-corrected chi connectivity index (χ0v) is 4.48. The average molecular weight is 247 g/mol. The Morgan fingerprint density at radius 1 is 1.20 bits per heavy atom. The third kappa shape index (κ3) is 3.67. The second-order valence-corrected chi connectivity index (χ2v) is 1.68. The molecule has 5 heavy (non-hydrogen) atoms. The summed E-state index contributed by atoms with van der Waals surface area (Å²) in [6.45, 7) is 12.1. The summed E-state index contributed by atoms with van der Waals surface area (Å²) in [6, 6.07) is 0. The first-order chi connectivity index (χ1) is 2.41. The van der Waals surface area contributed by atoms with Gasteiger partial charge in [-0.25, -0.2) is 0 Å². The molecule has 0 aliphatic carbocycles. The Morgan fingerprint density at radius 2 is 1.60 bits per heavy atom. The Morgan fingerprint density at radius 3 is 1.60 bits per heavy atom. The average Bonchev–Trinajstić information content (AvgIpc) is 1.41. The van der Waals surface area contributed by atoms with Crippen molar-refractivity contribution in [3.8, 4) is 0 Å². The van der Waals surface area contributed by atoms with Crippen LogP contribution in [0.5, 0.6) is 0 Å². The van der Waals surface area contributed by atoms with Crippen molar-refractivity contribution in [2.45, 2.75) is 0 Å². The van der Waals surface area contributed by atoms with E-state index in [1.807, 2.05) is 0 Å². The van der Waals surface area contributed by atoms with E-state index in [1.54, 1.807) is 0 Å². The van der Waals surface area contributed by atoms with Crippen molar-refractivity contribution in [3.63, 3.8) is 0 Å². The van der Waals surface area contributed by atoms with Gasteiger partial charge in [0.05, 0.1) is 0 Å². The van der Waals surface area contributed by atoms with Gasteiger partial charge in [-0.15, -0.1) is 0 Å². The van der Waals surface area contributed by atoms with Crippen LogP contribution in [0.1, 0.15) is 0 Å². The van der Waals surface area contributed by atoms with Crippen LogP contribution in [0.15, 0.2) is 0 Å². The summed E-state index contributed by atoms with van der Waals surface area (Å²) in [7, 11) is 0. The second-order valence-electron chi connectivity index (χ2n) is 0.205. The van der Waals surface area contributed by atoms with Crippen LogP contribution in [0.4, 0.5) is 0 Å². The zero-order chi connectivity index (χ0) is 4.12. The Kier molecular flexibility index (Phi) is 3.42. The van der Waals surface area contributed by atoms with Crippen LogP contribution < -0.4 is 0 Å². The van der Waals surface area contributed by atoms with Gasteiger partial charge in [-0.05, 0) is 0 Å². The molecule has 0 spiro atoms. The molecule has 0 bridgehead atoms. The van der Waals surface area contributed by atoms with Crippen molar-refractivity contribution in [2.24, 2.45) is 0 Å². The van der Waals surface area contributed by atoms with Gasteiger partial charge in [0.1, 0.15) is 0 Å². The molecule has 0 amide bonds. The second kappa shape index (κ2) is 3.67. The maximum absolute atomic E-state index is 6.06. The minimum absolute atomic E-state index is 0.793. The maximum atomic E-state index is 6.06. The Bertz CT molecular complexity index is 72.8. The first kappa shape index (κ1) is 4.67. The first-order valence-electron chi connectivity index (χ1n) is 0.730. The molecular weight excluding hydrogens is 247 g/mol. The van der Waals surface area contributed by atoms with Crippen LogP contribution in [-0.2, 0) is 19.1 Å². The Balaban J connectivity index is 2.86. The van der Waals surface area contributed by atoms with E-state index in [0.29, 0.717) is 0 Å². The summed E-state index contributed by atoms with van der Waals surface area (Å²) < 4.78 is 5.72. The van der Waals surface area contributed by atoms with Gasteiger partial charge in [0.15, 0.2) is 0 Å². The van der Waals surface area contributed by atoms with Gasteiger partial charge >= 0.3 is 39.0 Å². The molecule has 3 heteroatoms. The fourth-order valence-electron chi connectivity index (χ4n) is 0.0158. The van der Waals surface area contributed by atoms with Crippen molar-refractivity contribution < 1.29 is 19.1 Å². The summed E-state index contributed by atoms with van der Waals surface area (Å²) in [5.74, 6) is 0. The van der Waals surface area contributed by atoms with Crippen molar-refractivity contribution in [3.05, 3.63) is 20.0 Å². The molecule has 0 aliphatic rings. The molecule has 0 saturated heterocycles. The molecule has 0 N–H and O–H groups in total. The van der Waals surface area contributed by atoms with E-state index in [9.17, 15) is 0 Å². The van der Waals surface area contributed by atoms with Crippen LogP contribution in [0.2, 0.25) is 0 Å². The van der Waals surface area contributed by atoms with Crippen LogP contribution >= 0.6 is 0 Å². The molecule has 0 saturated carbocycles. The number of rotatable bonds is 0. The van der Waals surface area contributed by atoms with Crippen LogP contribution in [0, 0.1) is 13.1 Å². The van der Waals surface area contributed by atoms with Gasteiger partial charge in [0.2, 0.25) is 0 Å². The third-order valence-corrected chi connectivity index (χ3v) is 0.518. The van der Waals surface area contributed by atoms with E-state index in [2.05, 4.69) is 6.81 Å². The number of hydrogen-bond donors (Lipinski definition) is 0. The topological polar surface area (TPSA) is 8.72 Å². The van der Waals surface area contributed by atoms with Crippen molar-refractivity contribution >= 4 is 0 Å². The van der Waals surface area contributed by atoms with Crippen molar-refractivity contribution in [1.29, 1.82) is 0 Å². The molecule has 28 valence electrons. The predicted octanol–water partition coefficient (Wildman–Crippen LogP) is 0.737. The minimum atomic E-state index is -0.793. The normalized spacial score (nSPS) is 5.20. The van der Waals surface area contributed by atoms with E-state index in [1.165, 1.54) is 0 Å². The molecule has 0 unspecified atom stereocenters. The van der Waals surface area contributed by atoms with Crippen LogP contribution in [0.25, 0.3) is 6.81 Å². The molecule has 0 aromatic heterocycles. The van der Waals surface area contributed by atoms with Gasteiger partial charge in [-0.3, -0.25) is 0 Å². The molecule has 0 fully saturated rings. The Labute approximate surface area is 39.6 Å². The fraction of sp³-hybridized carbons (Fsp3) is 0. The molecule has 0 rings (SSSR count). The van der Waals surface area contributed by atoms with Gasteiger partial charge < -0.3 is 0 Å². The standard InChI is InChI=1S/2CN.Pt/c2*1-2;/q2*-1;+2. The molecule has 0 heterocycles. The summed E-state index contributed by atoms with van der Waals surface area (Å²) >= 11 is -0.793. The fourth-order valence-corrected chi connectivity index (χ4v) is 0.129. The summed E-state index contributed by atoms with van der Waals surface area (Å²) in [6.07, 6.45) is 0. The molecule has 0 aromatic carbocycles. The van der Waals surface area contributed by atoms with Gasteiger partial charge in [0, 0.05) is 0 Å². The quantitative estimate of drug-likeness (QED) is 0.558. The van der Waals surface area contributed by atoms with Gasteiger partial charge in [-0.2, -0.15) is 0 Å². The number of hydrogen-bond acceptors (Lipinski definition) is 0. The molecule has 0 atom stereocenters. The zero-order valence-electron chi connectivity index (χ0n) is 2.21. The van der Waals surface area contributed by atoms with E-state index < -0.39 is 19.1 Å². The van der Waals surface area contributed by atoms with E-state index in [-0.39, 0.29) is 0 Å². The summed E-state index contributed by atoms with van der Waals surface area (Å²) in [5, 5.41) is 0. The van der Waals surface area contributed by atoms with Crippen molar-refractivity contribution in [1.82, 2.24) is 0 Å². The van der Waals surface area contributed by atoms with Crippen molar-refractivity contribution in [2.75, 3.05) is 0 Å².